The molecule has 1 saturated carbocycles. The Hall–Kier alpha value is -2.68. The van der Waals surface area contributed by atoms with Gasteiger partial charge in [-0.15, -0.1) is 0 Å². The van der Waals surface area contributed by atoms with Crippen LogP contribution in [0.1, 0.15) is 61.6 Å². The van der Waals surface area contributed by atoms with Gasteiger partial charge in [0.15, 0.2) is 0 Å². The summed E-state index contributed by atoms with van der Waals surface area (Å²) in [5, 5.41) is 21.8. The Balaban J connectivity index is 1.45. The maximum atomic E-state index is 12.5. The minimum Gasteiger partial charge on any atom is -0.391 e. The van der Waals surface area contributed by atoms with Gasteiger partial charge in [-0.05, 0) is 58.4 Å². The minimum absolute atomic E-state index is 0.0630. The number of anilines is 1. The van der Waals surface area contributed by atoms with E-state index in [4.69, 9.17) is 4.52 Å². The highest BCUT2D eigenvalue weighted by Crippen LogP contribution is 2.29. The molecule has 9 heteroatoms. The summed E-state index contributed by atoms with van der Waals surface area (Å²) in [6.45, 7) is 4.98. The smallest absolute Gasteiger partial charge is 0.267 e. The molecule has 0 radical (unpaired) electrons. The van der Waals surface area contributed by atoms with Gasteiger partial charge in [-0.25, -0.2) is 4.68 Å². The quantitative estimate of drug-likeness (QED) is 0.718. The first-order chi connectivity index (χ1) is 14.9. The number of nitrogens with one attached hydrogen (secondary N) is 1. The van der Waals surface area contributed by atoms with Crippen LogP contribution in [-0.2, 0) is 11.2 Å². The van der Waals surface area contributed by atoms with Crippen LogP contribution in [0.5, 0.6) is 0 Å². The number of aromatic nitrogens is 3. The number of amides is 1. The van der Waals surface area contributed by atoms with E-state index in [0.29, 0.717) is 18.7 Å². The van der Waals surface area contributed by atoms with Crippen molar-refractivity contribution in [3.63, 3.8) is 0 Å². The fraction of sp³-hybridized carbons (Fsp3) is 0.636. The van der Waals surface area contributed by atoms with Crippen LogP contribution in [0.25, 0.3) is 0 Å². The van der Waals surface area contributed by atoms with E-state index in [-0.39, 0.29) is 30.0 Å². The Morgan fingerprint density at radius 1 is 1.23 bits per heavy atom. The van der Waals surface area contributed by atoms with Gasteiger partial charge in [-0.2, -0.15) is 5.10 Å². The molecule has 1 aliphatic carbocycles. The number of carbonyl (C=O) groups excluding carboxylic acids is 1. The van der Waals surface area contributed by atoms with Crippen molar-refractivity contribution in [3.8, 4) is 0 Å². The summed E-state index contributed by atoms with van der Waals surface area (Å²) in [5.74, 6) is 1.34. The fourth-order valence-electron chi connectivity index (χ4n) is 4.74. The molecule has 9 nitrogen and oxygen atoms in total. The number of rotatable bonds is 6. The summed E-state index contributed by atoms with van der Waals surface area (Å²) in [6.07, 6.45) is 5.15. The summed E-state index contributed by atoms with van der Waals surface area (Å²) in [7, 11) is 0. The van der Waals surface area contributed by atoms with Gasteiger partial charge >= 0.3 is 0 Å². The van der Waals surface area contributed by atoms with Gasteiger partial charge in [0.25, 0.3) is 5.56 Å². The molecule has 168 valence electrons. The van der Waals surface area contributed by atoms with E-state index in [0.717, 1.165) is 55.7 Å². The molecule has 1 aliphatic heterocycles. The van der Waals surface area contributed by atoms with Crippen LogP contribution in [0.15, 0.2) is 21.5 Å². The van der Waals surface area contributed by atoms with Crippen LogP contribution >= 0.6 is 0 Å². The molecule has 2 aliphatic rings. The van der Waals surface area contributed by atoms with E-state index in [1.807, 2.05) is 13.8 Å². The largest absolute Gasteiger partial charge is 0.391 e. The normalized spacial score (nSPS) is 23.8. The number of hydrogen-bond acceptors (Lipinski definition) is 7. The highest BCUT2D eigenvalue weighted by Gasteiger charge is 2.30. The molecular weight excluding hydrogens is 398 g/mol. The van der Waals surface area contributed by atoms with Crippen molar-refractivity contribution in [1.82, 2.24) is 20.3 Å². The number of nitrogens with zero attached hydrogens (tertiary/aromatic N) is 4. The SMILES string of the molecule is Cc1noc(C)c1CC(=O)NCC1CCCCN1c1ccc(=O)n(C2CCCC2O)n1. The molecule has 0 spiro atoms. The Labute approximate surface area is 181 Å². The van der Waals surface area contributed by atoms with E-state index >= 15 is 0 Å². The molecule has 3 unspecified atom stereocenters. The first kappa shape index (κ1) is 21.5. The van der Waals surface area contributed by atoms with E-state index in [1.54, 1.807) is 6.07 Å². The number of piperidine rings is 1. The van der Waals surface area contributed by atoms with Gasteiger partial charge in [0, 0.05) is 30.8 Å². The van der Waals surface area contributed by atoms with Crippen LogP contribution in [0.4, 0.5) is 5.82 Å². The van der Waals surface area contributed by atoms with Gasteiger partial charge in [-0.1, -0.05) is 5.16 Å². The van der Waals surface area contributed by atoms with Gasteiger partial charge in [0.2, 0.25) is 5.91 Å². The third kappa shape index (κ3) is 4.66. The predicted octanol–water partition coefficient (Wildman–Crippen LogP) is 1.65. The number of hydrogen-bond donors (Lipinski definition) is 2. The van der Waals surface area contributed by atoms with Crippen LogP contribution < -0.4 is 15.8 Å². The molecule has 3 heterocycles. The number of carbonyl (C=O) groups is 1. The molecule has 4 rings (SSSR count). The van der Waals surface area contributed by atoms with Crippen molar-refractivity contribution in [2.45, 2.75) is 77.0 Å². The molecule has 2 N–H and O–H groups in total. The molecule has 3 atom stereocenters. The van der Waals surface area contributed by atoms with Crippen LogP contribution in [0.3, 0.4) is 0 Å². The first-order valence-electron chi connectivity index (χ1n) is 11.2. The highest BCUT2D eigenvalue weighted by molar-refractivity contribution is 5.79. The third-order valence-corrected chi connectivity index (χ3v) is 6.54. The zero-order valence-corrected chi connectivity index (χ0v) is 18.2. The average Bonchev–Trinajstić information content (AvgIpc) is 3.33. The van der Waals surface area contributed by atoms with Crippen molar-refractivity contribution in [2.24, 2.45) is 0 Å². The number of aryl methyl sites for hydroxylation is 2. The van der Waals surface area contributed by atoms with Gasteiger partial charge < -0.3 is 19.8 Å². The van der Waals surface area contributed by atoms with Crippen molar-refractivity contribution >= 4 is 11.7 Å². The van der Waals surface area contributed by atoms with Crippen molar-refractivity contribution < 1.29 is 14.4 Å². The fourth-order valence-corrected chi connectivity index (χ4v) is 4.74. The van der Waals surface area contributed by atoms with Crippen LogP contribution in [-0.4, -0.2) is 51.2 Å². The molecule has 31 heavy (non-hydrogen) atoms. The molecule has 2 aromatic heterocycles. The molecule has 0 aromatic carbocycles. The molecular formula is C22H31N5O4. The summed E-state index contributed by atoms with van der Waals surface area (Å²) < 4.78 is 6.60. The summed E-state index contributed by atoms with van der Waals surface area (Å²) in [6, 6.07) is 3.14. The molecule has 1 amide bonds. The van der Waals surface area contributed by atoms with Gasteiger partial charge in [0.05, 0.1) is 24.3 Å². The lowest BCUT2D eigenvalue weighted by atomic mass is 10.0. The monoisotopic (exact) mass is 429 g/mol. The first-order valence-corrected chi connectivity index (χ1v) is 11.2. The Morgan fingerprint density at radius 2 is 2.06 bits per heavy atom. The van der Waals surface area contributed by atoms with Crippen molar-refractivity contribution in [1.29, 1.82) is 0 Å². The Morgan fingerprint density at radius 3 is 2.77 bits per heavy atom. The minimum atomic E-state index is -0.527. The third-order valence-electron chi connectivity index (χ3n) is 6.54. The maximum absolute atomic E-state index is 12.5. The second-order valence-electron chi connectivity index (χ2n) is 8.67. The van der Waals surface area contributed by atoms with E-state index in [2.05, 4.69) is 20.5 Å². The number of aliphatic hydroxyl groups excluding tert-OH is 1. The van der Waals surface area contributed by atoms with Gasteiger partial charge in [-0.3, -0.25) is 9.59 Å². The second kappa shape index (κ2) is 9.21. The molecule has 2 aromatic rings. The van der Waals surface area contributed by atoms with Crippen molar-refractivity contribution in [2.75, 3.05) is 18.0 Å². The Kier molecular flexibility index (Phi) is 6.41. The van der Waals surface area contributed by atoms with E-state index in [1.165, 1.54) is 10.7 Å². The Bertz CT molecular complexity index is 965. The summed E-state index contributed by atoms with van der Waals surface area (Å²) in [5.41, 5.74) is 1.39. The lowest BCUT2D eigenvalue weighted by Crippen LogP contribution is -2.48. The summed E-state index contributed by atoms with van der Waals surface area (Å²) in [4.78, 5) is 27.1. The maximum Gasteiger partial charge on any atom is 0.267 e. The average molecular weight is 430 g/mol. The van der Waals surface area contributed by atoms with Crippen molar-refractivity contribution in [3.05, 3.63) is 39.5 Å². The van der Waals surface area contributed by atoms with Crippen LogP contribution in [0, 0.1) is 13.8 Å². The highest BCUT2D eigenvalue weighted by atomic mass is 16.5. The topological polar surface area (TPSA) is 113 Å². The molecule has 0 bridgehead atoms. The lowest BCUT2D eigenvalue weighted by Gasteiger charge is -2.37. The second-order valence-corrected chi connectivity index (χ2v) is 8.67. The lowest BCUT2D eigenvalue weighted by molar-refractivity contribution is -0.120. The number of aliphatic hydroxyl groups is 1. The standard InChI is InChI=1S/C22H31N5O4/c1-14-17(15(2)31-25-14)12-21(29)23-13-16-6-3-4-11-26(16)20-9-10-22(30)27(24-20)18-7-5-8-19(18)28/h9-10,16,18-19,28H,3-8,11-13H2,1-2H3,(H,23,29). The molecule has 2 fully saturated rings. The van der Waals surface area contributed by atoms with Gasteiger partial charge in [0.1, 0.15) is 11.6 Å². The molecule has 1 saturated heterocycles. The van der Waals surface area contributed by atoms with E-state index in [9.17, 15) is 14.7 Å². The van der Waals surface area contributed by atoms with E-state index < -0.39 is 6.10 Å². The predicted molar refractivity (Wildman–Crippen MR) is 115 cm³/mol. The zero-order valence-electron chi connectivity index (χ0n) is 18.2. The zero-order chi connectivity index (χ0) is 22.0. The van der Waals surface area contributed by atoms with Crippen LogP contribution in [0.2, 0.25) is 0 Å². The summed E-state index contributed by atoms with van der Waals surface area (Å²) >= 11 is 0.